The Morgan fingerprint density at radius 2 is 1.88 bits per heavy atom. The summed E-state index contributed by atoms with van der Waals surface area (Å²) >= 11 is 0. The van der Waals surface area contributed by atoms with E-state index < -0.39 is 11.6 Å². The second-order valence-electron chi connectivity index (χ2n) is 7.29. The van der Waals surface area contributed by atoms with Crippen LogP contribution < -0.4 is 9.64 Å². The van der Waals surface area contributed by atoms with Crippen molar-refractivity contribution >= 4 is 5.82 Å². The number of aromatic nitrogens is 2. The van der Waals surface area contributed by atoms with Gasteiger partial charge in [-0.05, 0) is 30.0 Å². The summed E-state index contributed by atoms with van der Waals surface area (Å²) in [4.78, 5) is 1.88. The lowest BCUT2D eigenvalue weighted by Crippen LogP contribution is -2.14. The highest BCUT2D eigenvalue weighted by molar-refractivity contribution is 5.40. The average molecular weight is 337 g/mol. The van der Waals surface area contributed by atoms with Crippen molar-refractivity contribution in [3.63, 3.8) is 0 Å². The van der Waals surface area contributed by atoms with E-state index >= 15 is 0 Å². The fraction of sp³-hybridized carbons (Fsp3) is 0.500. The summed E-state index contributed by atoms with van der Waals surface area (Å²) in [6.45, 7) is 7.13. The van der Waals surface area contributed by atoms with E-state index in [0.29, 0.717) is 12.4 Å². The fourth-order valence-corrected chi connectivity index (χ4v) is 2.13. The molecule has 0 amide bonds. The van der Waals surface area contributed by atoms with Crippen molar-refractivity contribution in [2.24, 2.45) is 5.41 Å². The van der Waals surface area contributed by atoms with Gasteiger partial charge in [-0.1, -0.05) is 20.8 Å². The molecule has 0 aliphatic heterocycles. The molecule has 24 heavy (non-hydrogen) atoms. The van der Waals surface area contributed by atoms with Gasteiger partial charge in [-0.15, -0.1) is 0 Å². The van der Waals surface area contributed by atoms with Gasteiger partial charge in [0.15, 0.2) is 5.82 Å². The molecule has 1 aromatic heterocycles. The molecule has 0 radical (unpaired) electrons. The van der Waals surface area contributed by atoms with Gasteiger partial charge in [-0.25, -0.2) is 13.5 Å². The van der Waals surface area contributed by atoms with Crippen molar-refractivity contribution in [1.29, 1.82) is 0 Å². The van der Waals surface area contributed by atoms with Gasteiger partial charge >= 0.3 is 0 Å². The smallest absolute Gasteiger partial charge is 0.214 e. The quantitative estimate of drug-likeness (QED) is 0.790. The zero-order chi connectivity index (χ0) is 17.9. The highest BCUT2D eigenvalue weighted by Gasteiger charge is 2.16. The van der Waals surface area contributed by atoms with Crippen molar-refractivity contribution in [2.45, 2.75) is 40.3 Å². The average Bonchev–Trinajstić information content (AvgIpc) is 2.89. The first kappa shape index (κ1) is 18.2. The van der Waals surface area contributed by atoms with E-state index in [-0.39, 0.29) is 17.6 Å². The van der Waals surface area contributed by atoms with Crippen LogP contribution in [-0.2, 0) is 13.2 Å². The summed E-state index contributed by atoms with van der Waals surface area (Å²) < 4.78 is 34.5. The minimum absolute atomic E-state index is 0.0440. The predicted molar refractivity (Wildman–Crippen MR) is 91.3 cm³/mol. The van der Waals surface area contributed by atoms with Gasteiger partial charge in [-0.2, -0.15) is 5.10 Å². The normalized spacial score (nSPS) is 11.6. The Balaban J connectivity index is 2.16. The highest BCUT2D eigenvalue weighted by Crippen LogP contribution is 2.25. The van der Waals surface area contributed by atoms with Crippen molar-refractivity contribution in [2.75, 3.05) is 19.0 Å². The van der Waals surface area contributed by atoms with Crippen LogP contribution in [0.4, 0.5) is 14.6 Å². The Morgan fingerprint density at radius 1 is 1.17 bits per heavy atom. The number of ether oxygens (including phenoxy) is 1. The fourth-order valence-electron chi connectivity index (χ4n) is 2.13. The molecule has 0 bridgehead atoms. The summed E-state index contributed by atoms with van der Waals surface area (Å²) in [5.41, 5.74) is 0.348. The maximum Gasteiger partial charge on any atom is 0.214 e. The molecule has 1 aromatic carbocycles. The van der Waals surface area contributed by atoms with Crippen LogP contribution in [0.5, 0.6) is 5.88 Å². The number of hydrogen-bond donors (Lipinski definition) is 0. The maximum absolute atomic E-state index is 13.7. The molecular weight excluding hydrogens is 312 g/mol. The van der Waals surface area contributed by atoms with E-state index in [1.54, 1.807) is 10.7 Å². The van der Waals surface area contributed by atoms with Crippen LogP contribution in [0.2, 0.25) is 0 Å². The second kappa shape index (κ2) is 7.20. The standard InChI is InChI=1S/C18H25F2N3O/c1-18(2,3)8-9-23-17(11-16(21-23)22(4)5)24-12-13-10-14(19)6-7-15(13)20/h6-7,10-11H,8-9,12H2,1-5H3. The number of hydrogen-bond acceptors (Lipinski definition) is 3. The third-order valence-electron chi connectivity index (χ3n) is 3.65. The van der Waals surface area contributed by atoms with E-state index in [1.165, 1.54) is 0 Å². The van der Waals surface area contributed by atoms with Crippen LogP contribution in [0.25, 0.3) is 0 Å². The first-order valence-corrected chi connectivity index (χ1v) is 7.97. The van der Waals surface area contributed by atoms with Crippen molar-refractivity contribution < 1.29 is 13.5 Å². The molecule has 1 heterocycles. The van der Waals surface area contributed by atoms with Gasteiger partial charge in [-0.3, -0.25) is 0 Å². The SMILES string of the molecule is CN(C)c1cc(OCc2cc(F)ccc2F)n(CCC(C)(C)C)n1. The van der Waals surface area contributed by atoms with Gasteiger partial charge in [0.05, 0.1) is 0 Å². The second-order valence-corrected chi connectivity index (χ2v) is 7.29. The number of benzene rings is 1. The molecule has 0 aliphatic carbocycles. The van der Waals surface area contributed by atoms with E-state index in [4.69, 9.17) is 4.74 Å². The molecule has 0 N–H and O–H groups in total. The lowest BCUT2D eigenvalue weighted by Gasteiger charge is -2.18. The molecule has 0 unspecified atom stereocenters. The Morgan fingerprint density at radius 3 is 2.50 bits per heavy atom. The maximum atomic E-state index is 13.7. The zero-order valence-electron chi connectivity index (χ0n) is 14.9. The number of halogens is 2. The Bertz CT molecular complexity index is 690. The first-order chi connectivity index (χ1) is 11.2. The summed E-state index contributed by atoms with van der Waals surface area (Å²) in [5.74, 6) is 0.348. The summed E-state index contributed by atoms with van der Waals surface area (Å²) in [6, 6.07) is 5.16. The molecule has 0 saturated carbocycles. The van der Waals surface area contributed by atoms with E-state index in [1.807, 2.05) is 19.0 Å². The van der Waals surface area contributed by atoms with Crippen LogP contribution >= 0.6 is 0 Å². The molecule has 132 valence electrons. The third-order valence-corrected chi connectivity index (χ3v) is 3.65. The summed E-state index contributed by atoms with van der Waals surface area (Å²) in [6.07, 6.45) is 0.923. The summed E-state index contributed by atoms with van der Waals surface area (Å²) in [5, 5.41) is 4.51. The molecule has 2 aromatic rings. The lowest BCUT2D eigenvalue weighted by molar-refractivity contribution is 0.254. The number of rotatable bonds is 6. The highest BCUT2D eigenvalue weighted by atomic mass is 19.1. The Labute approximate surface area is 142 Å². The van der Waals surface area contributed by atoms with Crippen molar-refractivity contribution in [3.8, 4) is 5.88 Å². The minimum Gasteiger partial charge on any atom is -0.473 e. The minimum atomic E-state index is -0.481. The third kappa shape index (κ3) is 4.94. The van der Waals surface area contributed by atoms with Gasteiger partial charge in [0.25, 0.3) is 0 Å². The molecule has 0 aliphatic rings. The Kier molecular flexibility index (Phi) is 5.47. The molecule has 0 spiro atoms. The van der Waals surface area contributed by atoms with Gasteiger partial charge in [0.2, 0.25) is 5.88 Å². The van der Waals surface area contributed by atoms with E-state index in [0.717, 1.165) is 30.4 Å². The van der Waals surface area contributed by atoms with Crippen LogP contribution in [0.3, 0.4) is 0 Å². The molecule has 0 saturated heterocycles. The lowest BCUT2D eigenvalue weighted by atomic mass is 9.92. The van der Waals surface area contributed by atoms with Gasteiger partial charge in [0.1, 0.15) is 18.2 Å². The topological polar surface area (TPSA) is 30.3 Å². The first-order valence-electron chi connectivity index (χ1n) is 7.97. The molecule has 0 atom stereocenters. The van der Waals surface area contributed by atoms with Crippen molar-refractivity contribution in [1.82, 2.24) is 9.78 Å². The molecule has 4 nitrogen and oxygen atoms in total. The Hall–Kier alpha value is -2.11. The predicted octanol–water partition coefficient (Wildman–Crippen LogP) is 4.24. The molecule has 2 rings (SSSR count). The van der Waals surface area contributed by atoms with E-state index in [2.05, 4.69) is 25.9 Å². The van der Waals surface area contributed by atoms with Crippen LogP contribution in [0.1, 0.15) is 32.8 Å². The van der Waals surface area contributed by atoms with Crippen LogP contribution in [-0.4, -0.2) is 23.9 Å². The summed E-state index contributed by atoms with van der Waals surface area (Å²) in [7, 11) is 3.79. The molecule has 6 heteroatoms. The zero-order valence-corrected chi connectivity index (χ0v) is 14.9. The van der Waals surface area contributed by atoms with Gasteiger partial charge < -0.3 is 9.64 Å². The number of anilines is 1. The monoisotopic (exact) mass is 337 g/mol. The molecule has 0 fully saturated rings. The van der Waals surface area contributed by atoms with E-state index in [9.17, 15) is 8.78 Å². The van der Waals surface area contributed by atoms with Crippen molar-refractivity contribution in [3.05, 3.63) is 41.5 Å². The van der Waals surface area contributed by atoms with Crippen LogP contribution in [0, 0.1) is 17.0 Å². The number of aryl methyl sites for hydroxylation is 1. The van der Waals surface area contributed by atoms with Crippen LogP contribution in [0.15, 0.2) is 24.3 Å². The van der Waals surface area contributed by atoms with Gasteiger partial charge in [0, 0.05) is 32.3 Å². The number of nitrogens with zero attached hydrogens (tertiary/aromatic N) is 3. The molecular formula is C18H25F2N3O. The largest absolute Gasteiger partial charge is 0.473 e.